The van der Waals surface area contributed by atoms with Gasteiger partial charge in [-0.05, 0) is 44.5 Å². The van der Waals surface area contributed by atoms with Crippen LogP contribution in [-0.2, 0) is 6.54 Å². The average molecular weight is 282 g/mol. The third-order valence-electron chi connectivity index (χ3n) is 3.94. The fourth-order valence-corrected chi connectivity index (χ4v) is 2.43. The lowest BCUT2D eigenvalue weighted by Crippen LogP contribution is -2.22. The lowest BCUT2D eigenvalue weighted by molar-refractivity contribution is 0.0951. The zero-order valence-corrected chi connectivity index (χ0v) is 12.4. The molecule has 0 aliphatic rings. The first-order valence-electron chi connectivity index (χ1n) is 6.92. The monoisotopic (exact) mass is 282 g/mol. The lowest BCUT2D eigenvalue weighted by Gasteiger charge is -2.05. The van der Waals surface area contributed by atoms with Crippen LogP contribution in [-0.4, -0.2) is 21.1 Å². The highest BCUT2D eigenvalue weighted by atomic mass is 16.1. The predicted molar refractivity (Wildman–Crippen MR) is 82.3 cm³/mol. The normalized spacial score (nSPS) is 11.0. The van der Waals surface area contributed by atoms with Crippen LogP contribution in [0, 0.1) is 20.8 Å². The molecule has 3 aromatic rings. The number of hydrogen-bond acceptors (Lipinski definition) is 2. The van der Waals surface area contributed by atoms with Crippen molar-refractivity contribution < 1.29 is 4.79 Å². The second-order valence-electron chi connectivity index (χ2n) is 5.34. The molecule has 3 N–H and O–H groups in total. The molecule has 0 bridgehead atoms. The smallest absolute Gasteiger partial charge is 0.251 e. The number of aromatic nitrogens is 3. The highest BCUT2D eigenvalue weighted by Gasteiger charge is 2.10. The number of carbonyl (C=O) groups is 1. The summed E-state index contributed by atoms with van der Waals surface area (Å²) in [6, 6.07) is 5.73. The number of H-pyrrole nitrogens is 2. The number of aryl methyl sites for hydroxylation is 3. The molecule has 0 saturated carbocycles. The highest BCUT2D eigenvalue weighted by Crippen LogP contribution is 2.22. The van der Waals surface area contributed by atoms with Crippen molar-refractivity contribution in [3.05, 3.63) is 52.5 Å². The second-order valence-corrected chi connectivity index (χ2v) is 5.34. The van der Waals surface area contributed by atoms with Crippen LogP contribution in [0.25, 0.3) is 10.9 Å². The van der Waals surface area contributed by atoms with Gasteiger partial charge in [0, 0.05) is 40.0 Å². The van der Waals surface area contributed by atoms with E-state index in [0.29, 0.717) is 12.1 Å². The van der Waals surface area contributed by atoms with Crippen LogP contribution in [0.15, 0.2) is 24.4 Å². The molecule has 5 heteroatoms. The fourth-order valence-electron chi connectivity index (χ4n) is 2.43. The van der Waals surface area contributed by atoms with Crippen LogP contribution in [0.3, 0.4) is 0 Å². The van der Waals surface area contributed by atoms with Gasteiger partial charge in [0.05, 0.1) is 6.20 Å². The summed E-state index contributed by atoms with van der Waals surface area (Å²) < 4.78 is 0. The Morgan fingerprint density at radius 3 is 2.76 bits per heavy atom. The Labute approximate surface area is 122 Å². The quantitative estimate of drug-likeness (QED) is 0.691. The summed E-state index contributed by atoms with van der Waals surface area (Å²) >= 11 is 0. The van der Waals surface area contributed by atoms with E-state index < -0.39 is 0 Å². The summed E-state index contributed by atoms with van der Waals surface area (Å²) in [7, 11) is 0. The van der Waals surface area contributed by atoms with Gasteiger partial charge in [0.1, 0.15) is 0 Å². The molecule has 0 spiro atoms. The molecule has 0 saturated heterocycles. The first kappa shape index (κ1) is 13.4. The minimum atomic E-state index is -0.0734. The number of rotatable bonds is 3. The van der Waals surface area contributed by atoms with E-state index >= 15 is 0 Å². The van der Waals surface area contributed by atoms with Gasteiger partial charge in [0.2, 0.25) is 0 Å². The summed E-state index contributed by atoms with van der Waals surface area (Å²) in [5.74, 6) is -0.0734. The van der Waals surface area contributed by atoms with Crippen LogP contribution >= 0.6 is 0 Å². The van der Waals surface area contributed by atoms with Crippen molar-refractivity contribution in [1.29, 1.82) is 0 Å². The van der Waals surface area contributed by atoms with E-state index in [2.05, 4.69) is 27.4 Å². The Bertz CT molecular complexity index is 813. The van der Waals surface area contributed by atoms with Gasteiger partial charge in [-0.1, -0.05) is 0 Å². The number of nitrogens with one attached hydrogen (secondary N) is 3. The predicted octanol–water partition coefficient (Wildman–Crippen LogP) is 2.75. The summed E-state index contributed by atoms with van der Waals surface area (Å²) in [6.45, 7) is 6.51. The summed E-state index contributed by atoms with van der Waals surface area (Å²) in [6.07, 6.45) is 1.73. The summed E-state index contributed by atoms with van der Waals surface area (Å²) in [5.41, 5.74) is 6.03. The van der Waals surface area contributed by atoms with Crippen molar-refractivity contribution in [2.75, 3.05) is 0 Å². The Kier molecular flexibility index (Phi) is 3.25. The zero-order valence-electron chi connectivity index (χ0n) is 12.4. The molecule has 1 aromatic carbocycles. The van der Waals surface area contributed by atoms with E-state index in [1.807, 2.05) is 32.0 Å². The van der Waals surface area contributed by atoms with E-state index in [1.54, 1.807) is 6.20 Å². The molecule has 5 nitrogen and oxygen atoms in total. The number of amides is 1. The van der Waals surface area contributed by atoms with Crippen molar-refractivity contribution in [3.8, 4) is 0 Å². The van der Waals surface area contributed by atoms with Gasteiger partial charge in [-0.25, -0.2) is 0 Å². The van der Waals surface area contributed by atoms with E-state index in [4.69, 9.17) is 0 Å². The van der Waals surface area contributed by atoms with E-state index in [9.17, 15) is 4.79 Å². The average Bonchev–Trinajstić information content (AvgIpc) is 3.01. The standard InChI is InChI=1S/C16H18N4O/c1-9-10(2)19-15-5-4-12(6-14(9)15)16(21)17-7-13-8-18-20-11(13)3/h4-6,8,19H,7H2,1-3H3,(H,17,21)(H,18,20). The topological polar surface area (TPSA) is 73.6 Å². The molecule has 3 rings (SSSR count). The molecule has 0 aliphatic heterocycles. The third kappa shape index (κ3) is 2.42. The molecule has 2 heterocycles. The maximum Gasteiger partial charge on any atom is 0.251 e. The van der Waals surface area contributed by atoms with Crippen LogP contribution in [0.5, 0.6) is 0 Å². The van der Waals surface area contributed by atoms with Gasteiger partial charge >= 0.3 is 0 Å². The Morgan fingerprint density at radius 1 is 1.24 bits per heavy atom. The molecule has 21 heavy (non-hydrogen) atoms. The number of benzene rings is 1. The number of nitrogens with zero attached hydrogens (tertiary/aromatic N) is 1. The maximum absolute atomic E-state index is 12.3. The van der Waals surface area contributed by atoms with E-state index in [0.717, 1.165) is 27.9 Å². The molecule has 0 radical (unpaired) electrons. The van der Waals surface area contributed by atoms with E-state index in [1.165, 1.54) is 5.56 Å². The minimum absolute atomic E-state index is 0.0734. The molecule has 108 valence electrons. The summed E-state index contributed by atoms with van der Waals surface area (Å²) in [4.78, 5) is 15.6. The number of aromatic amines is 2. The Morgan fingerprint density at radius 2 is 2.05 bits per heavy atom. The highest BCUT2D eigenvalue weighted by molar-refractivity contribution is 5.99. The maximum atomic E-state index is 12.3. The zero-order chi connectivity index (χ0) is 15.0. The molecular formula is C16H18N4O. The van der Waals surface area contributed by atoms with Crippen LogP contribution < -0.4 is 5.32 Å². The van der Waals surface area contributed by atoms with Gasteiger partial charge < -0.3 is 10.3 Å². The number of carbonyl (C=O) groups excluding carboxylic acids is 1. The molecule has 0 aliphatic carbocycles. The molecule has 0 unspecified atom stereocenters. The molecule has 0 atom stereocenters. The summed E-state index contributed by atoms with van der Waals surface area (Å²) in [5, 5.41) is 10.8. The van der Waals surface area contributed by atoms with E-state index in [-0.39, 0.29) is 5.91 Å². The van der Waals surface area contributed by atoms with Crippen molar-refractivity contribution >= 4 is 16.8 Å². The molecular weight excluding hydrogens is 264 g/mol. The van der Waals surface area contributed by atoms with Gasteiger partial charge in [0.25, 0.3) is 5.91 Å². The number of fused-ring (bicyclic) bond motifs is 1. The van der Waals surface area contributed by atoms with Crippen LogP contribution in [0.1, 0.15) is 32.9 Å². The third-order valence-corrected chi connectivity index (χ3v) is 3.94. The van der Waals surface area contributed by atoms with Crippen molar-refractivity contribution in [2.24, 2.45) is 0 Å². The molecule has 0 fully saturated rings. The van der Waals surface area contributed by atoms with Crippen molar-refractivity contribution in [2.45, 2.75) is 27.3 Å². The van der Waals surface area contributed by atoms with Gasteiger partial charge in [-0.15, -0.1) is 0 Å². The van der Waals surface area contributed by atoms with Crippen molar-refractivity contribution in [1.82, 2.24) is 20.5 Å². The largest absolute Gasteiger partial charge is 0.358 e. The minimum Gasteiger partial charge on any atom is -0.358 e. The fraction of sp³-hybridized carbons (Fsp3) is 0.250. The first-order chi connectivity index (χ1) is 10.1. The SMILES string of the molecule is Cc1[nH]ncc1CNC(=O)c1ccc2[nH]c(C)c(C)c2c1. The lowest BCUT2D eigenvalue weighted by atomic mass is 10.1. The number of hydrogen-bond donors (Lipinski definition) is 3. The molecule has 1 amide bonds. The Hall–Kier alpha value is -2.56. The van der Waals surface area contributed by atoms with Crippen LogP contribution in [0.4, 0.5) is 0 Å². The Balaban J connectivity index is 1.81. The van der Waals surface area contributed by atoms with Crippen LogP contribution in [0.2, 0.25) is 0 Å². The second kappa shape index (κ2) is 5.09. The van der Waals surface area contributed by atoms with Gasteiger partial charge in [-0.3, -0.25) is 9.89 Å². The van der Waals surface area contributed by atoms with Crippen molar-refractivity contribution in [3.63, 3.8) is 0 Å². The molecule has 2 aromatic heterocycles. The van der Waals surface area contributed by atoms with Gasteiger partial charge in [-0.2, -0.15) is 5.10 Å². The van der Waals surface area contributed by atoms with Gasteiger partial charge in [0.15, 0.2) is 0 Å². The first-order valence-corrected chi connectivity index (χ1v) is 6.92.